The van der Waals surface area contributed by atoms with Crippen molar-refractivity contribution in [2.75, 3.05) is 11.1 Å². The number of carbonyl (C=O) groups excluding carboxylic acids is 1. The normalized spacial score (nSPS) is 10.7. The summed E-state index contributed by atoms with van der Waals surface area (Å²) in [5, 5.41) is 6.68. The van der Waals surface area contributed by atoms with Gasteiger partial charge >= 0.3 is 0 Å². The Hall–Kier alpha value is -2.08. The van der Waals surface area contributed by atoms with Crippen LogP contribution in [-0.2, 0) is 6.54 Å². The number of thiazole rings is 1. The van der Waals surface area contributed by atoms with Gasteiger partial charge in [0.05, 0.1) is 0 Å². The highest BCUT2D eigenvalue weighted by Gasteiger charge is 2.16. The van der Waals surface area contributed by atoms with E-state index in [4.69, 9.17) is 5.73 Å². The molecule has 1 aromatic carbocycles. The number of benzene rings is 1. The highest BCUT2D eigenvalue weighted by Crippen LogP contribution is 2.25. The molecule has 1 aromatic heterocycles. The first-order chi connectivity index (χ1) is 9.95. The Labute approximate surface area is 128 Å². The van der Waals surface area contributed by atoms with E-state index in [-0.39, 0.29) is 17.8 Å². The van der Waals surface area contributed by atoms with Crippen molar-refractivity contribution in [1.29, 1.82) is 0 Å². The van der Waals surface area contributed by atoms with E-state index in [1.54, 1.807) is 0 Å². The lowest BCUT2D eigenvalue weighted by atomic mass is 10.1. The van der Waals surface area contributed by atoms with Crippen molar-refractivity contribution in [3.63, 3.8) is 0 Å². The van der Waals surface area contributed by atoms with Crippen LogP contribution in [0, 0.1) is 6.92 Å². The van der Waals surface area contributed by atoms with Crippen LogP contribution in [0.15, 0.2) is 24.3 Å². The summed E-state index contributed by atoms with van der Waals surface area (Å²) in [6.07, 6.45) is 0. The summed E-state index contributed by atoms with van der Waals surface area (Å²) >= 11 is 1.27. The van der Waals surface area contributed by atoms with Crippen LogP contribution in [0.1, 0.15) is 34.6 Å². The third-order valence-electron chi connectivity index (χ3n) is 2.85. The van der Waals surface area contributed by atoms with E-state index in [2.05, 4.69) is 15.6 Å². The number of hydrogen-bond donors (Lipinski definition) is 3. The van der Waals surface area contributed by atoms with Crippen molar-refractivity contribution in [1.82, 2.24) is 10.3 Å². The van der Waals surface area contributed by atoms with Crippen molar-refractivity contribution in [3.05, 3.63) is 40.3 Å². The molecule has 0 fully saturated rings. The zero-order chi connectivity index (χ0) is 15.4. The predicted molar refractivity (Wildman–Crippen MR) is 87.6 cm³/mol. The monoisotopic (exact) mass is 304 g/mol. The largest absolute Gasteiger partial charge is 0.382 e. The first-order valence-corrected chi connectivity index (χ1v) is 7.64. The number of amides is 1. The number of aromatic nitrogens is 1. The molecule has 5 nitrogen and oxygen atoms in total. The number of nitrogens with one attached hydrogen (secondary N) is 2. The van der Waals surface area contributed by atoms with Crippen LogP contribution in [-0.4, -0.2) is 16.9 Å². The van der Waals surface area contributed by atoms with Gasteiger partial charge < -0.3 is 16.4 Å². The van der Waals surface area contributed by atoms with Gasteiger partial charge in [-0.1, -0.05) is 41.2 Å². The lowest BCUT2D eigenvalue weighted by molar-refractivity contribution is 0.0955. The highest BCUT2D eigenvalue weighted by atomic mass is 32.1. The van der Waals surface area contributed by atoms with Gasteiger partial charge in [0.15, 0.2) is 5.13 Å². The molecular weight excluding hydrogens is 284 g/mol. The zero-order valence-corrected chi connectivity index (χ0v) is 13.3. The van der Waals surface area contributed by atoms with Crippen molar-refractivity contribution < 1.29 is 4.79 Å². The van der Waals surface area contributed by atoms with Gasteiger partial charge in [-0.3, -0.25) is 4.79 Å². The van der Waals surface area contributed by atoms with Gasteiger partial charge in [-0.25, -0.2) is 4.98 Å². The summed E-state index contributed by atoms with van der Waals surface area (Å²) in [6.45, 7) is 6.52. The molecule has 0 saturated carbocycles. The van der Waals surface area contributed by atoms with E-state index in [1.807, 2.05) is 45.0 Å². The van der Waals surface area contributed by atoms with Crippen molar-refractivity contribution in [2.45, 2.75) is 33.4 Å². The fourth-order valence-corrected chi connectivity index (χ4v) is 2.72. The summed E-state index contributed by atoms with van der Waals surface area (Å²) in [4.78, 5) is 16.8. The minimum absolute atomic E-state index is 0.192. The molecule has 0 saturated heterocycles. The average Bonchev–Trinajstić information content (AvgIpc) is 2.77. The van der Waals surface area contributed by atoms with Crippen molar-refractivity contribution in [3.8, 4) is 0 Å². The standard InChI is InChI=1S/C15H20N4OS/c1-9(2)18-15-19-13(16)12(21-15)14(20)17-8-11-6-4-10(3)5-7-11/h4-7,9H,8,16H2,1-3H3,(H,17,20)(H,18,19). The number of nitrogens with zero attached hydrogens (tertiary/aromatic N) is 1. The third kappa shape index (κ3) is 4.19. The lowest BCUT2D eigenvalue weighted by Gasteiger charge is -2.05. The van der Waals surface area contributed by atoms with E-state index in [0.29, 0.717) is 16.6 Å². The number of carbonyl (C=O) groups is 1. The Balaban J connectivity index is 2.00. The third-order valence-corrected chi connectivity index (χ3v) is 3.85. The second-order valence-electron chi connectivity index (χ2n) is 5.20. The molecule has 0 aliphatic heterocycles. The van der Waals surface area contributed by atoms with Gasteiger partial charge in [0.25, 0.3) is 5.91 Å². The first-order valence-electron chi connectivity index (χ1n) is 6.82. The van der Waals surface area contributed by atoms with Crippen LogP contribution in [0.3, 0.4) is 0 Å². The molecule has 0 unspecified atom stereocenters. The van der Waals surface area contributed by atoms with Crippen molar-refractivity contribution >= 4 is 28.2 Å². The zero-order valence-electron chi connectivity index (χ0n) is 12.4. The smallest absolute Gasteiger partial charge is 0.265 e. The Morgan fingerprint density at radius 3 is 2.62 bits per heavy atom. The molecule has 1 amide bonds. The molecule has 6 heteroatoms. The molecule has 0 spiro atoms. The van der Waals surface area contributed by atoms with E-state index in [9.17, 15) is 4.79 Å². The molecule has 0 aliphatic rings. The molecule has 2 aromatic rings. The number of rotatable bonds is 5. The number of nitrogen functional groups attached to an aromatic ring is 1. The van der Waals surface area contributed by atoms with Gasteiger partial charge in [0, 0.05) is 12.6 Å². The molecule has 1 heterocycles. The number of nitrogens with two attached hydrogens (primary N) is 1. The quantitative estimate of drug-likeness (QED) is 0.793. The maximum Gasteiger partial charge on any atom is 0.265 e. The molecule has 0 radical (unpaired) electrons. The lowest BCUT2D eigenvalue weighted by Crippen LogP contribution is -2.22. The minimum atomic E-state index is -0.192. The second-order valence-corrected chi connectivity index (χ2v) is 6.20. The predicted octanol–water partition coefficient (Wildman–Crippen LogP) is 2.78. The number of hydrogen-bond acceptors (Lipinski definition) is 5. The van der Waals surface area contributed by atoms with E-state index in [0.717, 1.165) is 5.56 Å². The molecular formula is C15H20N4OS. The van der Waals surface area contributed by atoms with Crippen LogP contribution >= 0.6 is 11.3 Å². The van der Waals surface area contributed by atoms with Crippen LogP contribution in [0.5, 0.6) is 0 Å². The van der Waals surface area contributed by atoms with Gasteiger partial charge in [0.2, 0.25) is 0 Å². The molecule has 0 atom stereocenters. The van der Waals surface area contributed by atoms with E-state index in [1.165, 1.54) is 16.9 Å². The molecule has 21 heavy (non-hydrogen) atoms. The van der Waals surface area contributed by atoms with Gasteiger partial charge in [-0.05, 0) is 26.3 Å². The maximum atomic E-state index is 12.2. The number of anilines is 2. The summed E-state index contributed by atoms with van der Waals surface area (Å²) in [6, 6.07) is 8.29. The molecule has 4 N–H and O–H groups in total. The second kappa shape index (κ2) is 6.58. The first kappa shape index (κ1) is 15.3. The summed E-state index contributed by atoms with van der Waals surface area (Å²) in [5.41, 5.74) is 8.05. The molecule has 112 valence electrons. The van der Waals surface area contributed by atoms with E-state index < -0.39 is 0 Å². The molecule has 0 bridgehead atoms. The summed E-state index contributed by atoms with van der Waals surface area (Å²) in [7, 11) is 0. The topological polar surface area (TPSA) is 80.0 Å². The summed E-state index contributed by atoms with van der Waals surface area (Å²) in [5.74, 6) is 0.0759. The minimum Gasteiger partial charge on any atom is -0.382 e. The average molecular weight is 304 g/mol. The maximum absolute atomic E-state index is 12.2. The fraction of sp³-hybridized carbons (Fsp3) is 0.333. The van der Waals surface area contributed by atoms with Crippen LogP contribution in [0.25, 0.3) is 0 Å². The SMILES string of the molecule is Cc1ccc(CNC(=O)c2sc(NC(C)C)nc2N)cc1. The fourth-order valence-electron chi connectivity index (χ4n) is 1.77. The van der Waals surface area contributed by atoms with Gasteiger partial charge in [-0.15, -0.1) is 0 Å². The van der Waals surface area contributed by atoms with Crippen LogP contribution in [0.2, 0.25) is 0 Å². The van der Waals surface area contributed by atoms with Crippen molar-refractivity contribution in [2.24, 2.45) is 0 Å². The molecule has 0 aliphatic carbocycles. The summed E-state index contributed by atoms with van der Waals surface area (Å²) < 4.78 is 0. The van der Waals surface area contributed by atoms with E-state index >= 15 is 0 Å². The Morgan fingerprint density at radius 2 is 2.00 bits per heavy atom. The van der Waals surface area contributed by atoms with Crippen LogP contribution < -0.4 is 16.4 Å². The highest BCUT2D eigenvalue weighted by molar-refractivity contribution is 7.18. The molecule has 2 rings (SSSR count). The Bertz CT molecular complexity index is 619. The van der Waals surface area contributed by atoms with Crippen LogP contribution in [0.4, 0.5) is 10.9 Å². The Morgan fingerprint density at radius 1 is 1.33 bits per heavy atom. The van der Waals surface area contributed by atoms with Gasteiger partial charge in [-0.2, -0.15) is 0 Å². The number of aryl methyl sites for hydroxylation is 1. The Kier molecular flexibility index (Phi) is 4.80. The van der Waals surface area contributed by atoms with Gasteiger partial charge in [0.1, 0.15) is 10.7 Å².